The Morgan fingerprint density at radius 3 is 2.50 bits per heavy atom. The van der Waals surface area contributed by atoms with Gasteiger partial charge in [0.1, 0.15) is 12.0 Å². The van der Waals surface area contributed by atoms with Crippen LogP contribution in [0, 0.1) is 0 Å². The van der Waals surface area contributed by atoms with Crippen LogP contribution in [-0.4, -0.2) is 23.1 Å². The number of anilines is 1. The van der Waals surface area contributed by atoms with Crippen LogP contribution in [0.1, 0.15) is 12.8 Å². The fourth-order valence-corrected chi connectivity index (χ4v) is 2.85. The summed E-state index contributed by atoms with van der Waals surface area (Å²) in [5.41, 5.74) is 4.10. The van der Waals surface area contributed by atoms with Crippen molar-refractivity contribution in [1.82, 2.24) is 9.97 Å². The Morgan fingerprint density at radius 1 is 0.955 bits per heavy atom. The molecule has 1 saturated heterocycles. The van der Waals surface area contributed by atoms with Crippen LogP contribution >= 0.6 is 0 Å². The largest absolute Gasteiger partial charge is 0.444 e. The predicted octanol–water partition coefficient (Wildman–Crippen LogP) is 4.00. The molecule has 0 N–H and O–H groups in total. The summed E-state index contributed by atoms with van der Waals surface area (Å²) in [6, 6.07) is 12.4. The first-order valence-electron chi connectivity index (χ1n) is 7.61. The van der Waals surface area contributed by atoms with Crippen LogP contribution in [0.25, 0.3) is 22.7 Å². The molecule has 0 aliphatic carbocycles. The minimum Gasteiger partial charge on any atom is -0.444 e. The third-order valence-electron chi connectivity index (χ3n) is 4.05. The molecule has 4 rings (SSSR count). The van der Waals surface area contributed by atoms with Crippen molar-refractivity contribution >= 4 is 5.69 Å². The molecule has 4 nitrogen and oxygen atoms in total. The molecule has 0 bridgehead atoms. The van der Waals surface area contributed by atoms with Crippen molar-refractivity contribution in [2.45, 2.75) is 12.8 Å². The van der Waals surface area contributed by atoms with E-state index >= 15 is 0 Å². The number of nitrogens with zero attached hydrogens (tertiary/aromatic N) is 3. The second-order valence-electron chi connectivity index (χ2n) is 5.52. The zero-order valence-electron chi connectivity index (χ0n) is 12.3. The number of rotatable bonds is 3. The average molecular weight is 291 g/mol. The molecule has 0 radical (unpaired) electrons. The van der Waals surface area contributed by atoms with E-state index in [1.165, 1.54) is 18.5 Å². The van der Waals surface area contributed by atoms with E-state index in [-0.39, 0.29) is 0 Å². The van der Waals surface area contributed by atoms with Gasteiger partial charge in [-0.05, 0) is 37.1 Å². The van der Waals surface area contributed by atoms with Gasteiger partial charge in [0.05, 0.1) is 5.56 Å². The molecule has 1 aliphatic heterocycles. The summed E-state index contributed by atoms with van der Waals surface area (Å²) >= 11 is 0. The average Bonchev–Trinajstić information content (AvgIpc) is 3.28. The van der Waals surface area contributed by atoms with Gasteiger partial charge in [-0.25, -0.2) is 4.98 Å². The Morgan fingerprint density at radius 2 is 1.77 bits per heavy atom. The number of hydrogen-bond acceptors (Lipinski definition) is 4. The van der Waals surface area contributed by atoms with Crippen LogP contribution in [0.2, 0.25) is 0 Å². The van der Waals surface area contributed by atoms with Gasteiger partial charge in [0.15, 0.2) is 0 Å². The van der Waals surface area contributed by atoms with Crippen LogP contribution < -0.4 is 4.90 Å². The van der Waals surface area contributed by atoms with Gasteiger partial charge in [-0.1, -0.05) is 12.1 Å². The second kappa shape index (κ2) is 5.64. The zero-order chi connectivity index (χ0) is 14.8. The smallest absolute Gasteiger partial charge is 0.228 e. The number of aromatic nitrogens is 2. The monoisotopic (exact) mass is 291 g/mol. The first-order valence-corrected chi connectivity index (χ1v) is 7.61. The SMILES string of the molecule is c1cncc(-c2nc(-c3ccc(N4CCCC4)cc3)co2)c1. The van der Waals surface area contributed by atoms with Crippen LogP contribution in [0.15, 0.2) is 59.5 Å². The topological polar surface area (TPSA) is 42.2 Å². The molecule has 4 heteroatoms. The Labute approximate surface area is 129 Å². The van der Waals surface area contributed by atoms with Crippen LogP contribution in [0.5, 0.6) is 0 Å². The highest BCUT2D eigenvalue weighted by Crippen LogP contribution is 2.27. The van der Waals surface area contributed by atoms with Crippen LogP contribution in [0.4, 0.5) is 5.69 Å². The van der Waals surface area contributed by atoms with Gasteiger partial charge in [-0.15, -0.1) is 0 Å². The van der Waals surface area contributed by atoms with E-state index in [0.29, 0.717) is 5.89 Å². The Bertz CT molecular complexity index is 744. The zero-order valence-corrected chi connectivity index (χ0v) is 12.3. The molecule has 22 heavy (non-hydrogen) atoms. The summed E-state index contributed by atoms with van der Waals surface area (Å²) in [5.74, 6) is 0.603. The first-order chi connectivity index (χ1) is 10.9. The molecule has 0 unspecified atom stereocenters. The number of pyridine rings is 1. The summed E-state index contributed by atoms with van der Waals surface area (Å²) in [5, 5.41) is 0. The highest BCUT2D eigenvalue weighted by molar-refractivity contribution is 5.65. The molecule has 1 fully saturated rings. The number of benzene rings is 1. The molecule has 3 heterocycles. The standard InChI is InChI=1S/C18H17N3O/c1-2-11-21(10-1)16-7-5-14(6-8-16)17-13-22-18(20-17)15-4-3-9-19-12-15/h3-9,12-13H,1-2,10-11H2. The Balaban J connectivity index is 1.58. The highest BCUT2D eigenvalue weighted by Gasteiger charge is 2.13. The molecular weight excluding hydrogens is 274 g/mol. The predicted molar refractivity (Wildman–Crippen MR) is 86.6 cm³/mol. The fourth-order valence-electron chi connectivity index (χ4n) is 2.85. The van der Waals surface area contributed by atoms with Crippen molar-refractivity contribution in [1.29, 1.82) is 0 Å². The first kappa shape index (κ1) is 13.1. The Hall–Kier alpha value is -2.62. The van der Waals surface area contributed by atoms with Gasteiger partial charge in [-0.2, -0.15) is 0 Å². The van der Waals surface area contributed by atoms with E-state index in [2.05, 4.69) is 39.1 Å². The molecule has 0 atom stereocenters. The normalized spacial score (nSPS) is 14.5. The van der Waals surface area contributed by atoms with Crippen molar-refractivity contribution in [2.75, 3.05) is 18.0 Å². The van der Waals surface area contributed by atoms with Crippen molar-refractivity contribution < 1.29 is 4.42 Å². The van der Waals surface area contributed by atoms with Gasteiger partial charge in [0, 0.05) is 36.7 Å². The molecule has 3 aromatic rings. The van der Waals surface area contributed by atoms with Crippen molar-refractivity contribution in [3.8, 4) is 22.7 Å². The number of hydrogen-bond donors (Lipinski definition) is 0. The molecule has 2 aromatic heterocycles. The fraction of sp³-hybridized carbons (Fsp3) is 0.222. The molecule has 0 spiro atoms. The van der Waals surface area contributed by atoms with Gasteiger partial charge in [-0.3, -0.25) is 4.98 Å². The third kappa shape index (κ3) is 2.48. The maximum atomic E-state index is 5.57. The van der Waals surface area contributed by atoms with E-state index in [0.717, 1.165) is 29.9 Å². The van der Waals surface area contributed by atoms with E-state index in [4.69, 9.17) is 4.42 Å². The lowest BCUT2D eigenvalue weighted by atomic mass is 10.1. The quantitative estimate of drug-likeness (QED) is 0.731. The summed E-state index contributed by atoms with van der Waals surface area (Å²) in [6.45, 7) is 2.32. The lowest BCUT2D eigenvalue weighted by Crippen LogP contribution is -2.17. The van der Waals surface area contributed by atoms with E-state index in [1.807, 2.05) is 12.1 Å². The molecule has 0 amide bonds. The van der Waals surface area contributed by atoms with Crippen molar-refractivity contribution in [2.24, 2.45) is 0 Å². The lowest BCUT2D eigenvalue weighted by molar-refractivity contribution is 0.574. The Kier molecular flexibility index (Phi) is 3.35. The highest BCUT2D eigenvalue weighted by atomic mass is 16.3. The maximum absolute atomic E-state index is 5.57. The minimum absolute atomic E-state index is 0.603. The molecular formula is C18H17N3O. The van der Waals surface area contributed by atoms with Gasteiger partial charge in [0.25, 0.3) is 0 Å². The van der Waals surface area contributed by atoms with E-state index in [1.54, 1.807) is 18.7 Å². The molecule has 1 aromatic carbocycles. The summed E-state index contributed by atoms with van der Waals surface area (Å²) in [7, 11) is 0. The molecule has 1 aliphatic rings. The van der Waals surface area contributed by atoms with Crippen molar-refractivity contribution in [3.63, 3.8) is 0 Å². The van der Waals surface area contributed by atoms with Crippen LogP contribution in [-0.2, 0) is 0 Å². The third-order valence-corrected chi connectivity index (χ3v) is 4.05. The van der Waals surface area contributed by atoms with Gasteiger partial charge >= 0.3 is 0 Å². The summed E-state index contributed by atoms with van der Waals surface area (Å²) < 4.78 is 5.57. The lowest BCUT2D eigenvalue weighted by Gasteiger charge is -2.17. The second-order valence-corrected chi connectivity index (χ2v) is 5.52. The maximum Gasteiger partial charge on any atom is 0.228 e. The van der Waals surface area contributed by atoms with Gasteiger partial charge in [0.2, 0.25) is 5.89 Å². The molecule has 0 saturated carbocycles. The molecule has 110 valence electrons. The van der Waals surface area contributed by atoms with E-state index < -0.39 is 0 Å². The number of oxazole rings is 1. The van der Waals surface area contributed by atoms with Crippen molar-refractivity contribution in [3.05, 3.63) is 55.1 Å². The minimum atomic E-state index is 0.603. The summed E-state index contributed by atoms with van der Waals surface area (Å²) in [4.78, 5) is 11.1. The van der Waals surface area contributed by atoms with Crippen LogP contribution in [0.3, 0.4) is 0 Å². The summed E-state index contributed by atoms with van der Waals surface area (Å²) in [6.07, 6.45) is 7.78. The van der Waals surface area contributed by atoms with E-state index in [9.17, 15) is 0 Å². The van der Waals surface area contributed by atoms with Gasteiger partial charge < -0.3 is 9.32 Å².